The molecule has 0 atom stereocenters. The molecule has 0 radical (unpaired) electrons. The Balaban J connectivity index is 2.97. The van der Waals surface area contributed by atoms with Crippen molar-refractivity contribution in [2.75, 3.05) is 6.61 Å². The van der Waals surface area contributed by atoms with Gasteiger partial charge < -0.3 is 19.6 Å². The third-order valence-corrected chi connectivity index (χ3v) is 1.68. The zero-order valence-electron chi connectivity index (χ0n) is 9.13. The van der Waals surface area contributed by atoms with Crippen molar-refractivity contribution in [1.82, 2.24) is 4.98 Å². The normalized spacial score (nSPS) is 10.8. The summed E-state index contributed by atoms with van der Waals surface area (Å²) >= 11 is 0. The van der Waals surface area contributed by atoms with Crippen molar-refractivity contribution in [2.24, 2.45) is 0 Å². The number of hydrogen-bond acceptors (Lipinski definition) is 6. The average molecular weight is 262 g/mol. The molecule has 1 aromatic rings. The second kappa shape index (κ2) is 5.34. The molecule has 1 rings (SSSR count). The highest BCUT2D eigenvalue weighted by Gasteiger charge is 2.45. The van der Waals surface area contributed by atoms with Crippen molar-refractivity contribution in [3.63, 3.8) is 0 Å². The van der Waals surface area contributed by atoms with Crippen LogP contribution in [0.5, 0.6) is 5.75 Å². The van der Waals surface area contributed by atoms with Crippen molar-refractivity contribution in [2.45, 2.75) is 13.0 Å². The summed E-state index contributed by atoms with van der Waals surface area (Å²) in [6, 6.07) is 2.06. The molecule has 0 aromatic carbocycles. The van der Waals surface area contributed by atoms with Crippen LogP contribution in [0.4, 0.5) is 14.6 Å². The standard InChI is InChI=1S/C9H8F2N2O5/c1-2-17-8(14)9(10,11)18-6-4-3-5-12-7(6)13(15)16/h3-5H,2H2,1H3. The number of halogens is 2. The highest BCUT2D eigenvalue weighted by molar-refractivity contribution is 5.76. The van der Waals surface area contributed by atoms with Crippen LogP contribution in [0.15, 0.2) is 18.3 Å². The van der Waals surface area contributed by atoms with Crippen LogP contribution < -0.4 is 4.74 Å². The minimum atomic E-state index is -4.32. The van der Waals surface area contributed by atoms with E-state index in [0.29, 0.717) is 0 Å². The lowest BCUT2D eigenvalue weighted by atomic mass is 10.4. The van der Waals surface area contributed by atoms with Crippen LogP contribution in [0.1, 0.15) is 6.92 Å². The number of nitro groups is 1. The highest BCUT2D eigenvalue weighted by atomic mass is 19.3. The van der Waals surface area contributed by atoms with Gasteiger partial charge in [0.15, 0.2) is 0 Å². The third-order valence-electron chi connectivity index (χ3n) is 1.68. The Labute approximate surface area is 99.5 Å². The van der Waals surface area contributed by atoms with Crippen molar-refractivity contribution in [3.05, 3.63) is 28.4 Å². The molecule has 0 aliphatic carbocycles. The lowest BCUT2D eigenvalue weighted by Crippen LogP contribution is -2.37. The Morgan fingerprint density at radius 3 is 2.83 bits per heavy atom. The maximum Gasteiger partial charge on any atom is 0.502 e. The molecule has 7 nitrogen and oxygen atoms in total. The fourth-order valence-corrected chi connectivity index (χ4v) is 0.994. The summed E-state index contributed by atoms with van der Waals surface area (Å²) in [6.45, 7) is 1.06. The average Bonchev–Trinajstić information content (AvgIpc) is 2.29. The van der Waals surface area contributed by atoms with Crippen molar-refractivity contribution < 1.29 is 28.0 Å². The van der Waals surface area contributed by atoms with Crippen LogP contribution in [-0.4, -0.2) is 28.6 Å². The van der Waals surface area contributed by atoms with Crippen LogP contribution in [-0.2, 0) is 9.53 Å². The molecular weight excluding hydrogens is 254 g/mol. The van der Waals surface area contributed by atoms with Crippen LogP contribution in [0.2, 0.25) is 0 Å². The zero-order chi connectivity index (χ0) is 13.8. The zero-order valence-corrected chi connectivity index (χ0v) is 9.13. The molecule has 0 bridgehead atoms. The van der Waals surface area contributed by atoms with E-state index in [1.807, 2.05) is 0 Å². The summed E-state index contributed by atoms with van der Waals surface area (Å²) in [7, 11) is 0. The Morgan fingerprint density at radius 2 is 2.28 bits per heavy atom. The molecule has 0 unspecified atom stereocenters. The first kappa shape index (κ1) is 13.7. The van der Waals surface area contributed by atoms with Gasteiger partial charge in [-0.15, -0.1) is 0 Å². The van der Waals surface area contributed by atoms with Gasteiger partial charge in [-0.2, -0.15) is 8.78 Å². The van der Waals surface area contributed by atoms with Gasteiger partial charge in [0.2, 0.25) is 5.75 Å². The number of alkyl halides is 2. The van der Waals surface area contributed by atoms with E-state index >= 15 is 0 Å². The number of hydrogen-bond donors (Lipinski definition) is 0. The number of ether oxygens (including phenoxy) is 2. The van der Waals surface area contributed by atoms with E-state index in [1.54, 1.807) is 0 Å². The van der Waals surface area contributed by atoms with Gasteiger partial charge >= 0.3 is 17.9 Å². The molecule has 18 heavy (non-hydrogen) atoms. The number of aromatic nitrogens is 1. The number of pyridine rings is 1. The molecule has 1 aromatic heterocycles. The van der Waals surface area contributed by atoms with Crippen LogP contribution in [0.3, 0.4) is 0 Å². The van der Waals surface area contributed by atoms with Gasteiger partial charge in [0.05, 0.1) is 6.61 Å². The molecule has 9 heteroatoms. The van der Waals surface area contributed by atoms with Gasteiger partial charge in [-0.25, -0.2) is 4.79 Å². The van der Waals surface area contributed by atoms with Crippen molar-refractivity contribution in [1.29, 1.82) is 0 Å². The monoisotopic (exact) mass is 262 g/mol. The summed E-state index contributed by atoms with van der Waals surface area (Å²) in [6.07, 6.45) is -3.28. The number of carbonyl (C=O) groups is 1. The van der Waals surface area contributed by atoms with Gasteiger partial charge in [-0.05, 0) is 29.0 Å². The number of esters is 1. The topological polar surface area (TPSA) is 91.6 Å². The quantitative estimate of drug-likeness (QED) is 0.454. The van der Waals surface area contributed by atoms with Crippen LogP contribution in [0.25, 0.3) is 0 Å². The first-order valence-corrected chi connectivity index (χ1v) is 4.72. The molecule has 0 saturated heterocycles. The molecule has 0 spiro atoms. The number of rotatable bonds is 5. The van der Waals surface area contributed by atoms with Gasteiger partial charge in [0.25, 0.3) is 0 Å². The Kier molecular flexibility index (Phi) is 4.08. The summed E-state index contributed by atoms with van der Waals surface area (Å²) < 4.78 is 34.4. The predicted molar refractivity (Wildman–Crippen MR) is 53.1 cm³/mol. The minimum Gasteiger partial charge on any atom is -0.459 e. The van der Waals surface area contributed by atoms with Crippen molar-refractivity contribution in [3.8, 4) is 5.75 Å². The maximum absolute atomic E-state index is 13.2. The third kappa shape index (κ3) is 3.09. The van der Waals surface area contributed by atoms with Gasteiger partial charge in [0, 0.05) is 0 Å². The fourth-order valence-electron chi connectivity index (χ4n) is 0.994. The molecule has 0 amide bonds. The molecular formula is C9H8F2N2O5. The molecule has 0 aliphatic rings. The van der Waals surface area contributed by atoms with E-state index in [1.165, 1.54) is 6.92 Å². The Morgan fingerprint density at radius 1 is 1.61 bits per heavy atom. The van der Waals surface area contributed by atoms with Crippen LogP contribution >= 0.6 is 0 Å². The summed E-state index contributed by atoms with van der Waals surface area (Å²) in [5.74, 6) is -3.66. The Hall–Kier alpha value is -2.32. The fraction of sp³-hybridized carbons (Fsp3) is 0.333. The van der Waals surface area contributed by atoms with E-state index < -0.39 is 28.6 Å². The molecule has 0 saturated carbocycles. The van der Waals surface area contributed by atoms with Crippen LogP contribution in [0, 0.1) is 10.1 Å². The van der Waals surface area contributed by atoms with E-state index in [9.17, 15) is 23.7 Å². The summed E-state index contributed by atoms with van der Waals surface area (Å²) in [4.78, 5) is 23.6. The summed E-state index contributed by atoms with van der Waals surface area (Å²) in [5.41, 5.74) is 0. The molecule has 0 fully saturated rings. The molecule has 98 valence electrons. The molecule has 0 N–H and O–H groups in total. The minimum absolute atomic E-state index is 0.271. The van der Waals surface area contributed by atoms with E-state index in [2.05, 4.69) is 14.5 Å². The molecule has 0 aliphatic heterocycles. The Bertz CT molecular complexity index is 466. The van der Waals surface area contributed by atoms with E-state index in [0.717, 1.165) is 18.3 Å². The van der Waals surface area contributed by atoms with E-state index in [4.69, 9.17) is 0 Å². The van der Waals surface area contributed by atoms with E-state index in [-0.39, 0.29) is 6.61 Å². The maximum atomic E-state index is 13.2. The predicted octanol–water partition coefficient (Wildman–Crippen LogP) is 1.52. The van der Waals surface area contributed by atoms with Crippen molar-refractivity contribution >= 4 is 11.8 Å². The SMILES string of the molecule is CCOC(=O)C(F)(F)Oc1cccnc1[N+](=O)[O-]. The number of carbonyl (C=O) groups excluding carboxylic acids is 1. The molecule has 1 heterocycles. The lowest BCUT2D eigenvalue weighted by molar-refractivity contribution is -0.391. The van der Waals surface area contributed by atoms with Gasteiger partial charge in [-0.3, -0.25) is 0 Å². The first-order valence-electron chi connectivity index (χ1n) is 4.72. The highest BCUT2D eigenvalue weighted by Crippen LogP contribution is 2.29. The second-order valence-corrected chi connectivity index (χ2v) is 2.92. The smallest absolute Gasteiger partial charge is 0.459 e. The second-order valence-electron chi connectivity index (χ2n) is 2.92. The first-order chi connectivity index (χ1) is 8.38. The van der Waals surface area contributed by atoms with Gasteiger partial charge in [0.1, 0.15) is 6.20 Å². The number of nitrogens with zero attached hydrogens (tertiary/aromatic N) is 2. The van der Waals surface area contributed by atoms with Gasteiger partial charge in [-0.1, -0.05) is 0 Å². The lowest BCUT2D eigenvalue weighted by Gasteiger charge is -2.15. The largest absolute Gasteiger partial charge is 0.502 e. The summed E-state index contributed by atoms with van der Waals surface area (Å²) in [5, 5.41) is 10.5.